The van der Waals surface area contributed by atoms with Crippen LogP contribution >= 0.6 is 0 Å². The number of hydrogen-bond acceptors (Lipinski definition) is 3. The molecule has 1 aromatic rings. The van der Waals surface area contributed by atoms with Gasteiger partial charge in [-0.05, 0) is 37.0 Å². The number of anilines is 1. The van der Waals surface area contributed by atoms with E-state index in [1.54, 1.807) is 0 Å². The van der Waals surface area contributed by atoms with Crippen LogP contribution in [0, 0.1) is 6.92 Å². The van der Waals surface area contributed by atoms with Crippen LogP contribution in [0.3, 0.4) is 0 Å². The molecule has 100 valence electrons. The molecule has 0 spiro atoms. The Labute approximate surface area is 110 Å². The van der Waals surface area contributed by atoms with Gasteiger partial charge in [0.15, 0.2) is 0 Å². The zero-order valence-electron chi connectivity index (χ0n) is 11.2. The summed E-state index contributed by atoms with van der Waals surface area (Å²) in [6, 6.07) is 6.75. The number of aliphatic hydroxyl groups is 1. The monoisotopic (exact) mass is 248 g/mol. The molecule has 3 heteroatoms. The maximum atomic E-state index is 9.23. The summed E-state index contributed by atoms with van der Waals surface area (Å²) < 4.78 is 0. The van der Waals surface area contributed by atoms with E-state index in [9.17, 15) is 5.11 Å². The topological polar surface area (TPSA) is 49.5 Å². The van der Waals surface area contributed by atoms with E-state index in [0.29, 0.717) is 6.04 Å². The van der Waals surface area contributed by atoms with Gasteiger partial charge in [-0.1, -0.05) is 25.0 Å². The highest BCUT2D eigenvalue weighted by molar-refractivity contribution is 5.49. The van der Waals surface area contributed by atoms with Crippen molar-refractivity contribution in [1.29, 1.82) is 0 Å². The van der Waals surface area contributed by atoms with Crippen molar-refractivity contribution in [2.75, 3.05) is 18.9 Å². The second-order valence-electron chi connectivity index (χ2n) is 5.26. The molecule has 3 N–H and O–H groups in total. The van der Waals surface area contributed by atoms with Crippen molar-refractivity contribution in [3.8, 4) is 0 Å². The predicted octanol–water partition coefficient (Wildman–Crippen LogP) is 2.31. The van der Waals surface area contributed by atoms with Crippen LogP contribution in [0.5, 0.6) is 0 Å². The Hall–Kier alpha value is -1.06. The van der Waals surface area contributed by atoms with Gasteiger partial charge >= 0.3 is 0 Å². The maximum Gasteiger partial charge on any atom is 0.0558 e. The molecular weight excluding hydrogens is 224 g/mol. The largest absolute Gasteiger partial charge is 0.399 e. The number of hydrogen-bond donors (Lipinski definition) is 2. The SMILES string of the molecule is Cc1c(N)cccc1CN(CCO)C1CCCC1. The van der Waals surface area contributed by atoms with Crippen molar-refractivity contribution in [2.45, 2.75) is 45.2 Å². The van der Waals surface area contributed by atoms with Gasteiger partial charge in [-0.15, -0.1) is 0 Å². The fourth-order valence-electron chi connectivity index (χ4n) is 2.88. The smallest absolute Gasteiger partial charge is 0.0558 e. The molecule has 0 amide bonds. The van der Waals surface area contributed by atoms with E-state index in [1.807, 2.05) is 12.1 Å². The Morgan fingerprint density at radius 3 is 2.72 bits per heavy atom. The van der Waals surface area contributed by atoms with E-state index >= 15 is 0 Å². The fraction of sp³-hybridized carbons (Fsp3) is 0.600. The third-order valence-corrected chi connectivity index (χ3v) is 4.09. The number of benzene rings is 1. The molecule has 1 aliphatic carbocycles. The molecule has 3 nitrogen and oxygen atoms in total. The molecule has 0 bridgehead atoms. The maximum absolute atomic E-state index is 9.23. The van der Waals surface area contributed by atoms with Crippen LogP contribution in [0.4, 0.5) is 5.69 Å². The van der Waals surface area contributed by atoms with Gasteiger partial charge in [-0.25, -0.2) is 0 Å². The molecule has 1 aliphatic rings. The van der Waals surface area contributed by atoms with Crippen LogP contribution in [0.15, 0.2) is 18.2 Å². The van der Waals surface area contributed by atoms with Crippen LogP contribution in [0.1, 0.15) is 36.8 Å². The van der Waals surface area contributed by atoms with Gasteiger partial charge in [0, 0.05) is 24.8 Å². The molecule has 1 fully saturated rings. The van der Waals surface area contributed by atoms with Crippen LogP contribution in [0.2, 0.25) is 0 Å². The highest BCUT2D eigenvalue weighted by Gasteiger charge is 2.22. The Kier molecular flexibility index (Phi) is 4.61. The summed E-state index contributed by atoms with van der Waals surface area (Å²) in [4.78, 5) is 2.41. The minimum Gasteiger partial charge on any atom is -0.399 e. The van der Waals surface area contributed by atoms with Crippen molar-refractivity contribution < 1.29 is 5.11 Å². The lowest BCUT2D eigenvalue weighted by atomic mass is 10.1. The molecule has 18 heavy (non-hydrogen) atoms. The number of nitrogens with zero attached hydrogens (tertiary/aromatic N) is 1. The van der Waals surface area contributed by atoms with Crippen molar-refractivity contribution >= 4 is 5.69 Å². The molecule has 0 heterocycles. The number of nitrogen functional groups attached to an aromatic ring is 1. The van der Waals surface area contributed by atoms with Crippen molar-refractivity contribution in [3.63, 3.8) is 0 Å². The number of nitrogens with two attached hydrogens (primary N) is 1. The van der Waals surface area contributed by atoms with Gasteiger partial charge in [0.25, 0.3) is 0 Å². The molecule has 2 rings (SSSR count). The van der Waals surface area contributed by atoms with E-state index in [1.165, 1.54) is 36.8 Å². The summed E-state index contributed by atoms with van der Waals surface area (Å²) in [5, 5.41) is 9.23. The summed E-state index contributed by atoms with van der Waals surface area (Å²) in [7, 11) is 0. The van der Waals surface area contributed by atoms with Crippen LogP contribution in [-0.2, 0) is 6.54 Å². The van der Waals surface area contributed by atoms with E-state index < -0.39 is 0 Å². The predicted molar refractivity (Wildman–Crippen MR) is 75.3 cm³/mol. The first-order valence-corrected chi connectivity index (χ1v) is 6.91. The second-order valence-corrected chi connectivity index (χ2v) is 5.26. The first-order valence-electron chi connectivity index (χ1n) is 6.91. The van der Waals surface area contributed by atoms with E-state index in [2.05, 4.69) is 17.9 Å². The number of aliphatic hydroxyl groups excluding tert-OH is 1. The third kappa shape index (κ3) is 3.03. The third-order valence-electron chi connectivity index (χ3n) is 4.09. The van der Waals surface area contributed by atoms with Gasteiger partial charge in [0.05, 0.1) is 6.61 Å². The Bertz CT molecular complexity index is 386. The molecule has 0 aliphatic heterocycles. The van der Waals surface area contributed by atoms with Gasteiger partial charge in [-0.2, -0.15) is 0 Å². The fourth-order valence-corrected chi connectivity index (χ4v) is 2.88. The summed E-state index contributed by atoms with van der Waals surface area (Å²) in [6.07, 6.45) is 5.17. The summed E-state index contributed by atoms with van der Waals surface area (Å²) in [5.74, 6) is 0. The van der Waals surface area contributed by atoms with Crippen molar-refractivity contribution in [3.05, 3.63) is 29.3 Å². The molecule has 0 radical (unpaired) electrons. The molecule has 0 unspecified atom stereocenters. The van der Waals surface area contributed by atoms with Crippen LogP contribution in [-0.4, -0.2) is 29.2 Å². The molecule has 0 aromatic heterocycles. The van der Waals surface area contributed by atoms with E-state index in [4.69, 9.17) is 5.73 Å². The minimum absolute atomic E-state index is 0.234. The van der Waals surface area contributed by atoms with Gasteiger partial charge in [0.2, 0.25) is 0 Å². The summed E-state index contributed by atoms with van der Waals surface area (Å²) >= 11 is 0. The molecular formula is C15H24N2O. The highest BCUT2D eigenvalue weighted by atomic mass is 16.3. The molecule has 0 saturated heterocycles. The lowest BCUT2D eigenvalue weighted by Gasteiger charge is -2.28. The zero-order valence-corrected chi connectivity index (χ0v) is 11.2. The van der Waals surface area contributed by atoms with Gasteiger partial charge in [0.1, 0.15) is 0 Å². The standard InChI is InChI=1S/C15H24N2O/c1-12-13(5-4-8-15(12)16)11-17(9-10-18)14-6-2-3-7-14/h4-5,8,14,18H,2-3,6-7,9-11,16H2,1H3. The summed E-state index contributed by atoms with van der Waals surface area (Å²) in [5.41, 5.74) is 9.29. The Balaban J connectivity index is 2.10. The van der Waals surface area contributed by atoms with E-state index in [-0.39, 0.29) is 6.61 Å². The van der Waals surface area contributed by atoms with Gasteiger partial charge in [-0.3, -0.25) is 4.90 Å². The Morgan fingerprint density at radius 2 is 2.06 bits per heavy atom. The first-order chi connectivity index (χ1) is 8.72. The highest BCUT2D eigenvalue weighted by Crippen LogP contribution is 2.26. The average Bonchev–Trinajstić information content (AvgIpc) is 2.88. The zero-order chi connectivity index (χ0) is 13.0. The van der Waals surface area contributed by atoms with Gasteiger partial charge < -0.3 is 10.8 Å². The lowest BCUT2D eigenvalue weighted by Crippen LogP contribution is -2.35. The van der Waals surface area contributed by atoms with Crippen molar-refractivity contribution in [1.82, 2.24) is 4.90 Å². The lowest BCUT2D eigenvalue weighted by molar-refractivity contribution is 0.144. The molecule has 1 aromatic carbocycles. The normalized spacial score (nSPS) is 16.6. The average molecular weight is 248 g/mol. The van der Waals surface area contributed by atoms with Crippen LogP contribution in [0.25, 0.3) is 0 Å². The molecule has 1 saturated carbocycles. The Morgan fingerprint density at radius 1 is 1.33 bits per heavy atom. The van der Waals surface area contributed by atoms with Crippen LogP contribution < -0.4 is 5.73 Å². The minimum atomic E-state index is 0.234. The van der Waals surface area contributed by atoms with E-state index in [0.717, 1.165) is 18.8 Å². The summed E-state index contributed by atoms with van der Waals surface area (Å²) in [6.45, 7) is 3.98. The molecule has 0 atom stereocenters. The quantitative estimate of drug-likeness (QED) is 0.786. The van der Waals surface area contributed by atoms with Crippen molar-refractivity contribution in [2.24, 2.45) is 0 Å². The second kappa shape index (κ2) is 6.21. The number of rotatable bonds is 5. The first kappa shape index (κ1) is 13.4.